The number of para-hydroxylation sites is 1. The van der Waals surface area contributed by atoms with Crippen molar-refractivity contribution in [3.63, 3.8) is 0 Å². The number of ether oxygens (including phenoxy) is 1. The number of halogens is 1. The summed E-state index contributed by atoms with van der Waals surface area (Å²) in [5.41, 5.74) is 2.28. The zero-order valence-electron chi connectivity index (χ0n) is 15.8. The normalized spacial score (nSPS) is 15.2. The fourth-order valence-corrected chi connectivity index (χ4v) is 3.71. The van der Waals surface area contributed by atoms with E-state index in [1.807, 2.05) is 42.5 Å². The molecular formula is C22H29ClN2O. The molecule has 0 radical (unpaired) electrons. The van der Waals surface area contributed by atoms with E-state index < -0.39 is 0 Å². The van der Waals surface area contributed by atoms with Gasteiger partial charge in [0.1, 0.15) is 11.5 Å². The topological polar surface area (TPSA) is 24.5 Å². The van der Waals surface area contributed by atoms with Crippen LogP contribution in [0.5, 0.6) is 11.5 Å². The average Bonchev–Trinajstić information content (AvgIpc) is 2.91. The molecule has 1 aliphatic heterocycles. The number of nitrogens with one attached hydrogen (secondary N) is 1. The van der Waals surface area contributed by atoms with Gasteiger partial charge >= 0.3 is 0 Å². The molecule has 1 aliphatic rings. The summed E-state index contributed by atoms with van der Waals surface area (Å²) in [7, 11) is 0. The summed E-state index contributed by atoms with van der Waals surface area (Å²) in [6, 6.07) is 14.3. The molecule has 0 atom stereocenters. The van der Waals surface area contributed by atoms with Gasteiger partial charge in [0.2, 0.25) is 0 Å². The summed E-state index contributed by atoms with van der Waals surface area (Å²) in [4.78, 5) is 2.45. The second-order valence-corrected chi connectivity index (χ2v) is 7.63. The summed E-state index contributed by atoms with van der Waals surface area (Å²) in [5, 5.41) is 4.36. The van der Waals surface area contributed by atoms with Gasteiger partial charge in [0.05, 0.1) is 10.7 Å². The quantitative estimate of drug-likeness (QED) is 0.671. The Morgan fingerprint density at radius 1 is 1.00 bits per heavy atom. The highest BCUT2D eigenvalue weighted by Crippen LogP contribution is 2.39. The number of nitrogens with zero attached hydrogens (tertiary/aromatic N) is 1. The molecule has 1 N–H and O–H groups in total. The standard InChI is InChI=1S/C22H29ClN2O/c1-17(2)24-16-19-21(26-18-10-6-5-7-11-18)13-12-20(23)22(19)25-14-8-3-4-9-15-25/h5-7,10-13,17,24H,3-4,8-9,14-16H2,1-2H3. The Morgan fingerprint density at radius 3 is 2.35 bits per heavy atom. The Balaban J connectivity index is 1.98. The molecule has 0 aliphatic carbocycles. The third-order valence-corrected chi connectivity index (χ3v) is 5.08. The number of hydrogen-bond acceptors (Lipinski definition) is 3. The molecule has 140 valence electrons. The molecule has 4 heteroatoms. The van der Waals surface area contributed by atoms with Crippen LogP contribution in [0.25, 0.3) is 0 Å². The van der Waals surface area contributed by atoms with Crippen molar-refractivity contribution in [3.05, 3.63) is 53.1 Å². The Morgan fingerprint density at radius 2 is 1.69 bits per heavy atom. The molecule has 0 aromatic heterocycles. The van der Waals surface area contributed by atoms with Gasteiger partial charge in [-0.25, -0.2) is 0 Å². The van der Waals surface area contributed by atoms with Crippen molar-refractivity contribution in [2.75, 3.05) is 18.0 Å². The van der Waals surface area contributed by atoms with Crippen molar-refractivity contribution < 1.29 is 4.74 Å². The van der Waals surface area contributed by atoms with Crippen LogP contribution in [-0.2, 0) is 6.54 Å². The van der Waals surface area contributed by atoms with Crippen LogP contribution in [0.4, 0.5) is 5.69 Å². The minimum absolute atomic E-state index is 0.399. The maximum atomic E-state index is 6.68. The Labute approximate surface area is 162 Å². The molecule has 2 aromatic rings. The van der Waals surface area contributed by atoms with Crippen LogP contribution in [0.2, 0.25) is 5.02 Å². The van der Waals surface area contributed by atoms with Crippen molar-refractivity contribution >= 4 is 17.3 Å². The number of hydrogen-bond donors (Lipinski definition) is 1. The lowest BCUT2D eigenvalue weighted by molar-refractivity contribution is 0.469. The van der Waals surface area contributed by atoms with E-state index in [-0.39, 0.29) is 0 Å². The van der Waals surface area contributed by atoms with Crippen molar-refractivity contribution in [1.29, 1.82) is 0 Å². The molecule has 0 bridgehead atoms. The Bertz CT molecular complexity index is 695. The van der Waals surface area contributed by atoms with Gasteiger partial charge in [-0.3, -0.25) is 0 Å². The van der Waals surface area contributed by atoms with E-state index in [0.29, 0.717) is 6.04 Å². The van der Waals surface area contributed by atoms with Crippen LogP contribution in [0.3, 0.4) is 0 Å². The maximum absolute atomic E-state index is 6.68. The first-order valence-corrected chi connectivity index (χ1v) is 10.1. The van der Waals surface area contributed by atoms with Crippen molar-refractivity contribution in [3.8, 4) is 11.5 Å². The first-order chi connectivity index (χ1) is 12.6. The molecule has 0 unspecified atom stereocenters. The number of anilines is 1. The van der Waals surface area contributed by atoms with E-state index >= 15 is 0 Å². The lowest BCUT2D eigenvalue weighted by Gasteiger charge is -2.28. The molecule has 1 heterocycles. The van der Waals surface area contributed by atoms with Crippen LogP contribution in [0, 0.1) is 0 Å². The highest BCUT2D eigenvalue weighted by atomic mass is 35.5. The predicted molar refractivity (Wildman–Crippen MR) is 111 cm³/mol. The summed E-state index contributed by atoms with van der Waals surface area (Å²) in [6.07, 6.45) is 5.04. The average molecular weight is 373 g/mol. The molecule has 0 saturated carbocycles. The molecule has 0 spiro atoms. The molecule has 1 saturated heterocycles. The third kappa shape index (κ3) is 4.93. The second kappa shape index (κ2) is 9.29. The summed E-state index contributed by atoms with van der Waals surface area (Å²) in [6.45, 7) is 7.18. The largest absolute Gasteiger partial charge is 0.457 e. The summed E-state index contributed by atoms with van der Waals surface area (Å²) in [5.74, 6) is 1.73. The third-order valence-electron chi connectivity index (χ3n) is 4.77. The number of benzene rings is 2. The fraction of sp³-hybridized carbons (Fsp3) is 0.455. The minimum Gasteiger partial charge on any atom is -0.457 e. The van der Waals surface area contributed by atoms with Gasteiger partial charge in [0, 0.05) is 31.2 Å². The number of rotatable bonds is 6. The van der Waals surface area contributed by atoms with Crippen LogP contribution in [0.1, 0.15) is 45.1 Å². The van der Waals surface area contributed by atoms with Crippen LogP contribution in [0.15, 0.2) is 42.5 Å². The van der Waals surface area contributed by atoms with Gasteiger partial charge in [-0.05, 0) is 37.1 Å². The molecule has 1 fully saturated rings. The first-order valence-electron chi connectivity index (χ1n) is 9.68. The van der Waals surface area contributed by atoms with Crippen molar-refractivity contribution in [2.45, 2.75) is 52.1 Å². The van der Waals surface area contributed by atoms with Gasteiger partial charge in [-0.1, -0.05) is 56.5 Å². The smallest absolute Gasteiger partial charge is 0.134 e. The van der Waals surface area contributed by atoms with Crippen LogP contribution >= 0.6 is 11.6 Å². The van der Waals surface area contributed by atoms with E-state index in [9.17, 15) is 0 Å². The zero-order valence-corrected chi connectivity index (χ0v) is 16.6. The lowest BCUT2D eigenvalue weighted by Crippen LogP contribution is -2.28. The highest BCUT2D eigenvalue weighted by Gasteiger charge is 2.21. The summed E-state index contributed by atoms with van der Waals surface area (Å²) >= 11 is 6.68. The summed E-state index contributed by atoms with van der Waals surface area (Å²) < 4.78 is 6.23. The molecule has 3 nitrogen and oxygen atoms in total. The molecule has 0 amide bonds. The van der Waals surface area contributed by atoms with E-state index in [0.717, 1.165) is 47.4 Å². The van der Waals surface area contributed by atoms with Crippen LogP contribution in [-0.4, -0.2) is 19.1 Å². The highest BCUT2D eigenvalue weighted by molar-refractivity contribution is 6.33. The fourth-order valence-electron chi connectivity index (χ4n) is 3.41. The Hall–Kier alpha value is -1.71. The van der Waals surface area contributed by atoms with E-state index in [1.54, 1.807) is 0 Å². The van der Waals surface area contributed by atoms with E-state index in [1.165, 1.54) is 25.7 Å². The molecule has 2 aromatic carbocycles. The maximum Gasteiger partial charge on any atom is 0.134 e. The first kappa shape index (κ1) is 19.1. The van der Waals surface area contributed by atoms with Gasteiger partial charge < -0.3 is 15.0 Å². The second-order valence-electron chi connectivity index (χ2n) is 7.22. The molecular weight excluding hydrogens is 344 g/mol. The van der Waals surface area contributed by atoms with E-state index in [2.05, 4.69) is 24.1 Å². The van der Waals surface area contributed by atoms with Crippen molar-refractivity contribution in [1.82, 2.24) is 5.32 Å². The van der Waals surface area contributed by atoms with E-state index in [4.69, 9.17) is 16.3 Å². The molecule has 3 rings (SSSR count). The Kier molecular flexibility index (Phi) is 6.81. The monoisotopic (exact) mass is 372 g/mol. The van der Waals surface area contributed by atoms with Gasteiger partial charge in [-0.15, -0.1) is 0 Å². The van der Waals surface area contributed by atoms with Gasteiger partial charge in [0.15, 0.2) is 0 Å². The zero-order chi connectivity index (χ0) is 18.4. The predicted octanol–water partition coefficient (Wildman–Crippen LogP) is 6.01. The van der Waals surface area contributed by atoms with Gasteiger partial charge in [-0.2, -0.15) is 0 Å². The molecule has 26 heavy (non-hydrogen) atoms. The van der Waals surface area contributed by atoms with Crippen molar-refractivity contribution in [2.24, 2.45) is 0 Å². The van der Waals surface area contributed by atoms with Gasteiger partial charge in [0.25, 0.3) is 0 Å². The lowest BCUT2D eigenvalue weighted by atomic mass is 10.1. The SMILES string of the molecule is CC(C)NCc1c(Oc2ccccc2)ccc(Cl)c1N1CCCCCC1. The minimum atomic E-state index is 0.399. The van der Waals surface area contributed by atoms with Crippen LogP contribution < -0.4 is 15.0 Å².